The van der Waals surface area contributed by atoms with E-state index >= 15 is 0 Å². The number of anilines is 1. The van der Waals surface area contributed by atoms with E-state index in [0.29, 0.717) is 5.92 Å². The Bertz CT molecular complexity index is 552. The standard InChI is InChI=1S/C15H24N4S/c1-5-11(3)9-19(6-2)10-13-17-14(16-4)12-7-8-20-15(12)18-13/h7-8,11H,5-6,9-10H2,1-4H3,(H,16,17,18). The fraction of sp³-hybridized carbons (Fsp3) is 0.600. The molecule has 1 unspecified atom stereocenters. The first kappa shape index (κ1) is 15.2. The number of hydrogen-bond donors (Lipinski definition) is 1. The predicted octanol–water partition coefficient (Wildman–Crippen LogP) is 3.60. The van der Waals surface area contributed by atoms with Crippen molar-refractivity contribution in [3.05, 3.63) is 17.3 Å². The van der Waals surface area contributed by atoms with Crippen LogP contribution in [0, 0.1) is 5.92 Å². The summed E-state index contributed by atoms with van der Waals surface area (Å²) >= 11 is 1.67. The van der Waals surface area contributed by atoms with Gasteiger partial charge in [-0.2, -0.15) is 0 Å². The van der Waals surface area contributed by atoms with Gasteiger partial charge >= 0.3 is 0 Å². The van der Waals surface area contributed by atoms with Crippen molar-refractivity contribution in [3.8, 4) is 0 Å². The van der Waals surface area contributed by atoms with E-state index in [1.165, 1.54) is 6.42 Å². The fourth-order valence-electron chi connectivity index (χ4n) is 2.24. The number of aromatic nitrogens is 2. The average Bonchev–Trinajstić information content (AvgIpc) is 2.93. The van der Waals surface area contributed by atoms with Crippen LogP contribution in [0.3, 0.4) is 0 Å². The molecular weight excluding hydrogens is 268 g/mol. The molecule has 0 bridgehead atoms. The summed E-state index contributed by atoms with van der Waals surface area (Å²) in [6, 6.07) is 2.08. The highest BCUT2D eigenvalue weighted by Crippen LogP contribution is 2.25. The molecule has 0 radical (unpaired) electrons. The monoisotopic (exact) mass is 292 g/mol. The summed E-state index contributed by atoms with van der Waals surface area (Å²) in [5.74, 6) is 2.56. The third-order valence-corrected chi connectivity index (χ3v) is 4.49. The lowest BCUT2D eigenvalue weighted by Gasteiger charge is -2.23. The van der Waals surface area contributed by atoms with Crippen molar-refractivity contribution in [1.82, 2.24) is 14.9 Å². The van der Waals surface area contributed by atoms with Gasteiger partial charge in [0.1, 0.15) is 16.5 Å². The molecule has 2 aromatic rings. The molecule has 0 aliphatic carbocycles. The van der Waals surface area contributed by atoms with Crippen LogP contribution in [0.5, 0.6) is 0 Å². The third kappa shape index (κ3) is 3.46. The highest BCUT2D eigenvalue weighted by atomic mass is 32.1. The van der Waals surface area contributed by atoms with Crippen LogP contribution in [-0.4, -0.2) is 35.0 Å². The average molecular weight is 292 g/mol. The Labute approximate surface area is 125 Å². The SMILES string of the molecule is CCC(C)CN(CC)Cc1nc(NC)c2ccsc2n1. The number of hydrogen-bond acceptors (Lipinski definition) is 5. The molecule has 1 N–H and O–H groups in total. The van der Waals surface area contributed by atoms with E-state index < -0.39 is 0 Å². The van der Waals surface area contributed by atoms with Gasteiger partial charge in [-0.15, -0.1) is 11.3 Å². The van der Waals surface area contributed by atoms with E-state index in [4.69, 9.17) is 4.98 Å². The van der Waals surface area contributed by atoms with Gasteiger partial charge in [0.05, 0.1) is 11.9 Å². The van der Waals surface area contributed by atoms with E-state index in [2.05, 4.69) is 47.4 Å². The second kappa shape index (κ2) is 6.99. The molecule has 1 atom stereocenters. The highest BCUT2D eigenvalue weighted by molar-refractivity contribution is 7.16. The lowest BCUT2D eigenvalue weighted by atomic mass is 10.1. The van der Waals surface area contributed by atoms with Gasteiger partial charge in [-0.1, -0.05) is 27.2 Å². The van der Waals surface area contributed by atoms with E-state index in [9.17, 15) is 0 Å². The molecule has 20 heavy (non-hydrogen) atoms. The summed E-state index contributed by atoms with van der Waals surface area (Å²) < 4.78 is 0. The zero-order chi connectivity index (χ0) is 14.5. The summed E-state index contributed by atoms with van der Waals surface area (Å²) in [4.78, 5) is 12.8. The first-order valence-corrected chi connectivity index (χ1v) is 8.20. The molecule has 0 saturated heterocycles. The molecule has 2 aromatic heterocycles. The van der Waals surface area contributed by atoms with Gasteiger partial charge in [0.25, 0.3) is 0 Å². The van der Waals surface area contributed by atoms with Crippen LogP contribution in [0.15, 0.2) is 11.4 Å². The quantitative estimate of drug-likeness (QED) is 0.846. The van der Waals surface area contributed by atoms with E-state index in [1.807, 2.05) is 7.05 Å². The van der Waals surface area contributed by atoms with Crippen molar-refractivity contribution in [1.29, 1.82) is 0 Å². The largest absolute Gasteiger partial charge is 0.372 e. The Morgan fingerprint density at radius 2 is 2.15 bits per heavy atom. The summed E-state index contributed by atoms with van der Waals surface area (Å²) in [7, 11) is 1.92. The predicted molar refractivity (Wildman–Crippen MR) is 87.4 cm³/mol. The van der Waals surface area contributed by atoms with E-state index in [1.54, 1.807) is 11.3 Å². The third-order valence-electron chi connectivity index (χ3n) is 3.69. The second-order valence-electron chi connectivity index (χ2n) is 5.22. The fourth-order valence-corrected chi connectivity index (χ4v) is 3.02. The molecule has 0 aromatic carbocycles. The number of nitrogens with one attached hydrogen (secondary N) is 1. The molecule has 0 fully saturated rings. The maximum atomic E-state index is 4.69. The van der Waals surface area contributed by atoms with Gasteiger partial charge in [-0.3, -0.25) is 4.90 Å². The Morgan fingerprint density at radius 3 is 2.80 bits per heavy atom. The molecule has 0 aliphatic heterocycles. The molecule has 2 rings (SSSR count). The summed E-state index contributed by atoms with van der Waals surface area (Å²) in [5.41, 5.74) is 0. The van der Waals surface area contributed by atoms with Crippen LogP contribution >= 0.6 is 11.3 Å². The van der Waals surface area contributed by atoms with Gasteiger partial charge in [-0.25, -0.2) is 9.97 Å². The zero-order valence-electron chi connectivity index (χ0n) is 12.8. The topological polar surface area (TPSA) is 41.1 Å². The minimum absolute atomic E-state index is 0.712. The number of thiophene rings is 1. The molecular formula is C15H24N4S. The number of fused-ring (bicyclic) bond motifs is 1. The molecule has 0 saturated carbocycles. The maximum absolute atomic E-state index is 4.69. The first-order valence-electron chi connectivity index (χ1n) is 7.32. The van der Waals surface area contributed by atoms with Crippen molar-refractivity contribution in [2.45, 2.75) is 33.7 Å². The van der Waals surface area contributed by atoms with Crippen molar-refractivity contribution in [2.24, 2.45) is 5.92 Å². The molecule has 110 valence electrons. The maximum Gasteiger partial charge on any atom is 0.146 e. The zero-order valence-corrected chi connectivity index (χ0v) is 13.6. The Balaban J connectivity index is 2.19. The van der Waals surface area contributed by atoms with Crippen LogP contribution in [0.1, 0.15) is 33.0 Å². The van der Waals surface area contributed by atoms with E-state index in [-0.39, 0.29) is 0 Å². The van der Waals surface area contributed by atoms with Crippen LogP contribution in [-0.2, 0) is 6.54 Å². The minimum atomic E-state index is 0.712. The van der Waals surface area contributed by atoms with Crippen LogP contribution in [0.25, 0.3) is 10.2 Å². The minimum Gasteiger partial charge on any atom is -0.372 e. The van der Waals surface area contributed by atoms with Crippen molar-refractivity contribution in [3.63, 3.8) is 0 Å². The normalized spacial score (nSPS) is 13.1. The summed E-state index contributed by atoms with van der Waals surface area (Å²) in [6.45, 7) is 9.70. The molecule has 2 heterocycles. The van der Waals surface area contributed by atoms with Gasteiger partial charge in [0.2, 0.25) is 0 Å². The van der Waals surface area contributed by atoms with Crippen LogP contribution in [0.2, 0.25) is 0 Å². The lowest BCUT2D eigenvalue weighted by molar-refractivity contribution is 0.233. The molecule has 0 aliphatic rings. The molecule has 4 nitrogen and oxygen atoms in total. The van der Waals surface area contributed by atoms with Gasteiger partial charge in [0.15, 0.2) is 0 Å². The Hall–Kier alpha value is -1.20. The molecule has 0 spiro atoms. The van der Waals surface area contributed by atoms with Gasteiger partial charge < -0.3 is 5.32 Å². The number of rotatable bonds is 7. The Morgan fingerprint density at radius 1 is 1.35 bits per heavy atom. The van der Waals surface area contributed by atoms with Crippen molar-refractivity contribution >= 4 is 27.4 Å². The summed E-state index contributed by atoms with van der Waals surface area (Å²) in [5, 5.41) is 6.36. The Kier molecular flexibility index (Phi) is 5.31. The highest BCUT2D eigenvalue weighted by Gasteiger charge is 2.12. The van der Waals surface area contributed by atoms with Crippen LogP contribution < -0.4 is 5.32 Å². The van der Waals surface area contributed by atoms with Gasteiger partial charge in [0, 0.05) is 13.6 Å². The van der Waals surface area contributed by atoms with Crippen molar-refractivity contribution < 1.29 is 0 Å². The molecule has 0 amide bonds. The molecule has 5 heteroatoms. The first-order chi connectivity index (χ1) is 9.67. The second-order valence-corrected chi connectivity index (χ2v) is 6.11. The van der Waals surface area contributed by atoms with Crippen molar-refractivity contribution in [2.75, 3.05) is 25.5 Å². The van der Waals surface area contributed by atoms with Crippen LogP contribution in [0.4, 0.5) is 5.82 Å². The lowest BCUT2D eigenvalue weighted by Crippen LogP contribution is -2.28. The van der Waals surface area contributed by atoms with E-state index in [0.717, 1.165) is 41.5 Å². The van der Waals surface area contributed by atoms with Gasteiger partial charge in [-0.05, 0) is 23.9 Å². The summed E-state index contributed by atoms with van der Waals surface area (Å²) in [6.07, 6.45) is 1.21. The number of nitrogens with zero attached hydrogens (tertiary/aromatic N) is 3. The smallest absolute Gasteiger partial charge is 0.146 e.